The first-order valence-corrected chi connectivity index (χ1v) is 4.41. The Morgan fingerprint density at radius 1 is 1.71 bits per heavy atom. The van der Waals surface area contributed by atoms with Gasteiger partial charge in [0, 0.05) is 13.1 Å². The van der Waals surface area contributed by atoms with Gasteiger partial charge in [-0.3, -0.25) is 4.79 Å². The summed E-state index contributed by atoms with van der Waals surface area (Å²) in [6.07, 6.45) is 4.32. The van der Waals surface area contributed by atoms with Crippen molar-refractivity contribution < 1.29 is 14.7 Å². The van der Waals surface area contributed by atoms with Crippen molar-refractivity contribution in [2.24, 2.45) is 0 Å². The molecule has 0 aliphatic carbocycles. The van der Waals surface area contributed by atoms with Crippen molar-refractivity contribution in [3.05, 3.63) is 24.4 Å². The van der Waals surface area contributed by atoms with Crippen molar-refractivity contribution in [3.8, 4) is 0 Å². The second kappa shape index (κ2) is 4.09. The molecule has 4 nitrogen and oxygen atoms in total. The Morgan fingerprint density at radius 2 is 2.36 bits per heavy atom. The Balaban J connectivity index is 2.94. The van der Waals surface area contributed by atoms with Crippen LogP contribution in [0, 0.1) is 0 Å². The lowest BCUT2D eigenvalue weighted by Gasteiger charge is -2.29. The first-order valence-electron chi connectivity index (χ1n) is 4.41. The smallest absolute Gasteiger partial charge is 0.326 e. The number of amides is 1. The molecule has 0 aromatic carbocycles. The average Bonchev–Trinajstić information content (AvgIpc) is 2.16. The summed E-state index contributed by atoms with van der Waals surface area (Å²) < 4.78 is 0. The zero-order valence-electron chi connectivity index (χ0n) is 8.06. The fraction of sp³-hybridized carbons (Fsp3) is 0.400. The average molecular weight is 195 g/mol. The van der Waals surface area contributed by atoms with Gasteiger partial charge in [0.1, 0.15) is 6.04 Å². The van der Waals surface area contributed by atoms with Gasteiger partial charge in [-0.15, -0.1) is 0 Å². The minimum Gasteiger partial charge on any atom is -0.480 e. The molecular weight excluding hydrogens is 182 g/mol. The second-order valence-corrected chi connectivity index (χ2v) is 3.23. The molecule has 0 radical (unpaired) electrons. The maximum absolute atomic E-state index is 11.2. The lowest BCUT2D eigenvalue weighted by atomic mass is 10.0. The molecule has 0 aromatic heterocycles. The van der Waals surface area contributed by atoms with E-state index in [1.807, 2.05) is 0 Å². The summed E-state index contributed by atoms with van der Waals surface area (Å²) in [5, 5.41) is 8.87. The Morgan fingerprint density at radius 3 is 2.79 bits per heavy atom. The maximum Gasteiger partial charge on any atom is 0.326 e. The van der Waals surface area contributed by atoms with Crippen LogP contribution in [0.3, 0.4) is 0 Å². The largest absolute Gasteiger partial charge is 0.480 e. The fourth-order valence-electron chi connectivity index (χ4n) is 1.48. The number of hydrogen-bond acceptors (Lipinski definition) is 2. The molecule has 0 unspecified atom stereocenters. The summed E-state index contributed by atoms with van der Waals surface area (Å²) in [7, 11) is 0. The highest BCUT2D eigenvalue weighted by molar-refractivity contribution is 5.83. The first kappa shape index (κ1) is 10.5. The van der Waals surface area contributed by atoms with E-state index in [4.69, 9.17) is 5.11 Å². The van der Waals surface area contributed by atoms with Gasteiger partial charge in [0.15, 0.2) is 0 Å². The SMILES string of the molecule is C=CC1=CN(C(C)=O)[C@H](C(=O)O)CC1. The molecular formula is C10H13NO3. The second-order valence-electron chi connectivity index (χ2n) is 3.23. The van der Waals surface area contributed by atoms with Gasteiger partial charge in [-0.05, 0) is 18.4 Å². The number of carboxylic acid groups (broad SMARTS) is 1. The van der Waals surface area contributed by atoms with Crippen LogP contribution in [0.2, 0.25) is 0 Å². The molecule has 0 saturated carbocycles. The molecule has 0 fully saturated rings. The van der Waals surface area contributed by atoms with E-state index in [0.717, 1.165) is 5.57 Å². The van der Waals surface area contributed by atoms with E-state index < -0.39 is 12.0 Å². The monoisotopic (exact) mass is 195 g/mol. The van der Waals surface area contributed by atoms with Gasteiger partial charge in [0.05, 0.1) is 0 Å². The molecule has 1 rings (SSSR count). The Labute approximate surface area is 82.5 Å². The van der Waals surface area contributed by atoms with Gasteiger partial charge in [-0.1, -0.05) is 12.7 Å². The Hall–Kier alpha value is -1.58. The predicted molar refractivity (Wildman–Crippen MR) is 51.5 cm³/mol. The molecule has 0 aromatic rings. The number of carboxylic acids is 1. The minimum atomic E-state index is -0.959. The highest BCUT2D eigenvalue weighted by atomic mass is 16.4. The molecule has 76 valence electrons. The number of carbonyl (C=O) groups is 2. The van der Waals surface area contributed by atoms with E-state index >= 15 is 0 Å². The van der Waals surface area contributed by atoms with Crippen molar-refractivity contribution in [2.75, 3.05) is 0 Å². The number of hydrogen-bond donors (Lipinski definition) is 1. The molecule has 1 atom stereocenters. The van der Waals surface area contributed by atoms with Crippen molar-refractivity contribution in [2.45, 2.75) is 25.8 Å². The van der Waals surface area contributed by atoms with Crippen LogP contribution in [0.15, 0.2) is 24.4 Å². The van der Waals surface area contributed by atoms with Crippen LogP contribution in [-0.2, 0) is 9.59 Å². The van der Waals surface area contributed by atoms with E-state index in [2.05, 4.69) is 6.58 Å². The van der Waals surface area contributed by atoms with Crippen molar-refractivity contribution in [1.29, 1.82) is 0 Å². The summed E-state index contributed by atoms with van der Waals surface area (Å²) in [5.41, 5.74) is 0.901. The van der Waals surface area contributed by atoms with Crippen LogP contribution >= 0.6 is 0 Å². The highest BCUT2D eigenvalue weighted by Gasteiger charge is 2.29. The molecule has 1 aliphatic rings. The Kier molecular flexibility index (Phi) is 3.06. The maximum atomic E-state index is 11.2. The van der Waals surface area contributed by atoms with Gasteiger partial charge in [-0.25, -0.2) is 4.79 Å². The molecule has 0 saturated heterocycles. The van der Waals surface area contributed by atoms with Gasteiger partial charge in [0.2, 0.25) is 5.91 Å². The van der Waals surface area contributed by atoms with E-state index in [0.29, 0.717) is 12.8 Å². The minimum absolute atomic E-state index is 0.253. The third-order valence-electron chi connectivity index (χ3n) is 2.26. The molecule has 1 aliphatic heterocycles. The zero-order valence-corrected chi connectivity index (χ0v) is 8.06. The number of carbonyl (C=O) groups excluding carboxylic acids is 1. The Bertz CT molecular complexity index is 306. The van der Waals surface area contributed by atoms with Crippen LogP contribution in [0.1, 0.15) is 19.8 Å². The summed E-state index contributed by atoms with van der Waals surface area (Å²) in [5.74, 6) is -1.21. The van der Waals surface area contributed by atoms with E-state index in [-0.39, 0.29) is 5.91 Å². The summed E-state index contributed by atoms with van der Waals surface area (Å²) in [4.78, 5) is 23.2. The number of rotatable bonds is 2. The summed E-state index contributed by atoms with van der Waals surface area (Å²) >= 11 is 0. The third-order valence-corrected chi connectivity index (χ3v) is 2.26. The van der Waals surface area contributed by atoms with E-state index in [1.165, 1.54) is 11.8 Å². The normalized spacial score (nSPS) is 21.4. The van der Waals surface area contributed by atoms with Crippen LogP contribution in [-0.4, -0.2) is 27.9 Å². The lowest BCUT2D eigenvalue weighted by molar-refractivity contribution is -0.147. The number of aliphatic carboxylic acids is 1. The highest BCUT2D eigenvalue weighted by Crippen LogP contribution is 2.21. The van der Waals surface area contributed by atoms with Gasteiger partial charge in [0.25, 0.3) is 0 Å². The fourth-order valence-corrected chi connectivity index (χ4v) is 1.48. The predicted octanol–water partition coefficient (Wildman–Crippen LogP) is 1.15. The zero-order chi connectivity index (χ0) is 10.7. The summed E-state index contributed by atoms with van der Waals surface area (Å²) in [6.45, 7) is 4.95. The number of nitrogens with zero attached hydrogens (tertiary/aromatic N) is 1. The molecule has 1 heterocycles. The molecule has 0 spiro atoms. The topological polar surface area (TPSA) is 57.6 Å². The van der Waals surface area contributed by atoms with Crippen molar-refractivity contribution >= 4 is 11.9 Å². The third kappa shape index (κ3) is 2.02. The van der Waals surface area contributed by atoms with Crippen LogP contribution < -0.4 is 0 Å². The van der Waals surface area contributed by atoms with Crippen molar-refractivity contribution in [3.63, 3.8) is 0 Å². The van der Waals surface area contributed by atoms with Crippen LogP contribution in [0.5, 0.6) is 0 Å². The quantitative estimate of drug-likeness (QED) is 0.719. The van der Waals surface area contributed by atoms with Gasteiger partial charge < -0.3 is 10.0 Å². The number of allylic oxidation sites excluding steroid dienone is 2. The summed E-state index contributed by atoms with van der Waals surface area (Å²) in [6, 6.07) is -0.726. The van der Waals surface area contributed by atoms with Crippen LogP contribution in [0.4, 0.5) is 0 Å². The van der Waals surface area contributed by atoms with E-state index in [1.54, 1.807) is 12.3 Å². The van der Waals surface area contributed by atoms with Gasteiger partial charge >= 0.3 is 5.97 Å². The molecule has 14 heavy (non-hydrogen) atoms. The lowest BCUT2D eigenvalue weighted by Crippen LogP contribution is -2.42. The van der Waals surface area contributed by atoms with Crippen LogP contribution in [0.25, 0.3) is 0 Å². The van der Waals surface area contributed by atoms with Gasteiger partial charge in [-0.2, -0.15) is 0 Å². The van der Waals surface area contributed by atoms with Crippen molar-refractivity contribution in [1.82, 2.24) is 4.90 Å². The molecule has 4 heteroatoms. The van der Waals surface area contributed by atoms with E-state index in [9.17, 15) is 9.59 Å². The molecule has 1 N–H and O–H groups in total. The first-order chi connectivity index (χ1) is 6.56. The molecule has 0 bridgehead atoms. The standard InChI is InChI=1S/C10H13NO3/c1-3-8-4-5-9(10(13)14)11(6-8)7(2)12/h3,6,9H,1,4-5H2,2H3,(H,13,14)/t9-/m0/s1. The molecule has 1 amide bonds.